The highest BCUT2D eigenvalue weighted by Gasteiger charge is 2.32. The number of hydrogen-bond donors (Lipinski definition) is 0. The van der Waals surface area contributed by atoms with Crippen LogP contribution >= 0.6 is 0 Å². The van der Waals surface area contributed by atoms with Crippen molar-refractivity contribution in [2.24, 2.45) is 11.3 Å². The van der Waals surface area contributed by atoms with E-state index in [0.29, 0.717) is 0 Å². The zero-order valence-electron chi connectivity index (χ0n) is 9.21. The fourth-order valence-corrected chi connectivity index (χ4v) is 1.70. The average molecular weight is 194 g/mol. The molecule has 78 valence electrons. The molecule has 3 heteroatoms. The number of amides is 1. The molecule has 0 aromatic carbocycles. The maximum Gasteiger partial charge on any atom is 0.225 e. The Labute approximate surface area is 85.7 Å². The summed E-state index contributed by atoms with van der Waals surface area (Å²) in [7, 11) is 0. The molecule has 3 nitrogen and oxygen atoms in total. The monoisotopic (exact) mass is 194 g/mol. The topological polar surface area (TPSA) is 44.1 Å². The summed E-state index contributed by atoms with van der Waals surface area (Å²) in [6.45, 7) is 7.28. The van der Waals surface area contributed by atoms with Crippen molar-refractivity contribution >= 4 is 5.91 Å². The standard InChI is InChI=1S/C11H18N2O/c1-9(2)10(14)13-6-4-11(3,8-12)5-7-13/h9H,4-7H2,1-3H3. The molecule has 1 rings (SSSR count). The van der Waals surface area contributed by atoms with Crippen molar-refractivity contribution in [3.05, 3.63) is 0 Å². The molecule has 0 aliphatic carbocycles. The minimum Gasteiger partial charge on any atom is -0.342 e. The van der Waals surface area contributed by atoms with Crippen molar-refractivity contribution < 1.29 is 4.79 Å². The second kappa shape index (κ2) is 4.00. The third-order valence-corrected chi connectivity index (χ3v) is 2.94. The lowest BCUT2D eigenvalue weighted by Gasteiger charge is -2.35. The van der Waals surface area contributed by atoms with Gasteiger partial charge in [-0.25, -0.2) is 0 Å². The van der Waals surface area contributed by atoms with Gasteiger partial charge in [0.2, 0.25) is 5.91 Å². The van der Waals surface area contributed by atoms with Crippen LogP contribution in [-0.4, -0.2) is 23.9 Å². The van der Waals surface area contributed by atoms with Gasteiger partial charge in [0.15, 0.2) is 0 Å². The predicted octanol–water partition coefficient (Wildman–Crippen LogP) is 1.79. The highest BCUT2D eigenvalue weighted by Crippen LogP contribution is 2.30. The fourth-order valence-electron chi connectivity index (χ4n) is 1.70. The molecule has 0 aromatic heterocycles. The van der Waals surface area contributed by atoms with E-state index in [1.165, 1.54) is 0 Å². The Kier molecular flexibility index (Phi) is 3.15. The lowest BCUT2D eigenvalue weighted by Crippen LogP contribution is -2.43. The molecule has 0 aromatic rings. The molecule has 1 aliphatic rings. The third-order valence-electron chi connectivity index (χ3n) is 2.94. The van der Waals surface area contributed by atoms with E-state index in [9.17, 15) is 4.79 Å². The molecule has 0 atom stereocenters. The third kappa shape index (κ3) is 2.25. The number of carbonyl (C=O) groups excluding carboxylic acids is 1. The minimum absolute atomic E-state index is 0.0708. The van der Waals surface area contributed by atoms with Crippen LogP contribution < -0.4 is 0 Å². The summed E-state index contributed by atoms with van der Waals surface area (Å²) in [6.07, 6.45) is 1.61. The Morgan fingerprint density at radius 2 is 1.93 bits per heavy atom. The van der Waals surface area contributed by atoms with Gasteiger partial charge in [-0.1, -0.05) is 13.8 Å². The van der Waals surface area contributed by atoms with Crippen LogP contribution in [0.25, 0.3) is 0 Å². The Morgan fingerprint density at radius 1 is 1.43 bits per heavy atom. The highest BCUT2D eigenvalue weighted by molar-refractivity contribution is 5.78. The molecule has 0 spiro atoms. The zero-order valence-corrected chi connectivity index (χ0v) is 9.21. The van der Waals surface area contributed by atoms with Crippen LogP contribution in [0.1, 0.15) is 33.6 Å². The number of likely N-dealkylation sites (tertiary alicyclic amines) is 1. The van der Waals surface area contributed by atoms with Crippen molar-refractivity contribution in [1.29, 1.82) is 5.26 Å². The normalized spacial score (nSPS) is 20.6. The Bertz CT molecular complexity index is 257. The molecular weight excluding hydrogens is 176 g/mol. The molecular formula is C11H18N2O. The summed E-state index contributed by atoms with van der Waals surface area (Å²) >= 11 is 0. The summed E-state index contributed by atoms with van der Waals surface area (Å²) in [5.41, 5.74) is -0.215. The molecule has 14 heavy (non-hydrogen) atoms. The van der Waals surface area contributed by atoms with E-state index in [0.717, 1.165) is 25.9 Å². The van der Waals surface area contributed by atoms with Crippen molar-refractivity contribution in [1.82, 2.24) is 4.90 Å². The van der Waals surface area contributed by atoms with Crippen molar-refractivity contribution in [3.63, 3.8) is 0 Å². The molecule has 0 N–H and O–H groups in total. The van der Waals surface area contributed by atoms with Crippen molar-refractivity contribution in [3.8, 4) is 6.07 Å². The molecule has 0 radical (unpaired) electrons. The highest BCUT2D eigenvalue weighted by atomic mass is 16.2. The molecule has 1 heterocycles. The Morgan fingerprint density at radius 3 is 2.29 bits per heavy atom. The lowest BCUT2D eigenvalue weighted by atomic mass is 9.82. The molecule has 1 aliphatic heterocycles. The van der Waals surface area contributed by atoms with Crippen LogP contribution in [0.3, 0.4) is 0 Å². The van der Waals surface area contributed by atoms with E-state index < -0.39 is 0 Å². The van der Waals surface area contributed by atoms with E-state index in [1.54, 1.807) is 0 Å². The van der Waals surface area contributed by atoms with E-state index in [1.807, 2.05) is 25.7 Å². The number of carbonyl (C=O) groups is 1. The van der Waals surface area contributed by atoms with Crippen LogP contribution in [0.15, 0.2) is 0 Å². The summed E-state index contributed by atoms with van der Waals surface area (Å²) in [5.74, 6) is 0.284. The fraction of sp³-hybridized carbons (Fsp3) is 0.818. The number of hydrogen-bond acceptors (Lipinski definition) is 2. The molecule has 0 unspecified atom stereocenters. The van der Waals surface area contributed by atoms with Crippen molar-refractivity contribution in [2.75, 3.05) is 13.1 Å². The first kappa shape index (κ1) is 11.0. The number of piperidine rings is 1. The van der Waals surface area contributed by atoms with Crippen LogP contribution in [0, 0.1) is 22.7 Å². The van der Waals surface area contributed by atoms with E-state index in [-0.39, 0.29) is 17.2 Å². The maximum absolute atomic E-state index is 11.6. The van der Waals surface area contributed by atoms with Gasteiger partial charge in [-0.2, -0.15) is 5.26 Å². The van der Waals surface area contributed by atoms with Gasteiger partial charge < -0.3 is 4.90 Å². The molecule has 1 amide bonds. The van der Waals surface area contributed by atoms with Gasteiger partial charge in [-0.05, 0) is 19.8 Å². The summed E-state index contributed by atoms with van der Waals surface area (Å²) in [6, 6.07) is 2.33. The lowest BCUT2D eigenvalue weighted by molar-refractivity contribution is -0.136. The smallest absolute Gasteiger partial charge is 0.225 e. The van der Waals surface area contributed by atoms with Gasteiger partial charge in [-0.3, -0.25) is 4.79 Å². The van der Waals surface area contributed by atoms with Gasteiger partial charge in [0, 0.05) is 19.0 Å². The number of nitrogens with zero attached hydrogens (tertiary/aromatic N) is 2. The van der Waals surface area contributed by atoms with Crippen molar-refractivity contribution in [2.45, 2.75) is 33.6 Å². The molecule has 1 fully saturated rings. The van der Waals surface area contributed by atoms with Crippen LogP contribution in [0.5, 0.6) is 0 Å². The van der Waals surface area contributed by atoms with Gasteiger partial charge in [0.25, 0.3) is 0 Å². The summed E-state index contributed by atoms with van der Waals surface area (Å²) in [4.78, 5) is 13.5. The van der Waals surface area contributed by atoms with E-state index in [2.05, 4.69) is 6.07 Å². The van der Waals surface area contributed by atoms with Gasteiger partial charge in [0.05, 0.1) is 11.5 Å². The average Bonchev–Trinajstić information content (AvgIpc) is 2.18. The largest absolute Gasteiger partial charge is 0.342 e. The van der Waals surface area contributed by atoms with Crippen LogP contribution in [0.4, 0.5) is 0 Å². The first-order chi connectivity index (χ1) is 6.48. The van der Waals surface area contributed by atoms with Crippen LogP contribution in [0.2, 0.25) is 0 Å². The van der Waals surface area contributed by atoms with Crippen LogP contribution in [-0.2, 0) is 4.79 Å². The summed E-state index contributed by atoms with van der Waals surface area (Å²) in [5, 5.41) is 8.93. The van der Waals surface area contributed by atoms with Gasteiger partial charge in [0.1, 0.15) is 0 Å². The number of rotatable bonds is 1. The SMILES string of the molecule is CC(C)C(=O)N1CCC(C)(C#N)CC1. The maximum atomic E-state index is 11.6. The molecule has 0 bridgehead atoms. The Hall–Kier alpha value is -1.04. The molecule has 0 saturated carbocycles. The van der Waals surface area contributed by atoms with E-state index >= 15 is 0 Å². The first-order valence-corrected chi connectivity index (χ1v) is 5.18. The first-order valence-electron chi connectivity index (χ1n) is 5.18. The van der Waals surface area contributed by atoms with Gasteiger partial charge >= 0.3 is 0 Å². The molecule has 1 saturated heterocycles. The quantitative estimate of drug-likeness (QED) is 0.638. The minimum atomic E-state index is -0.215. The van der Waals surface area contributed by atoms with Gasteiger partial charge in [-0.15, -0.1) is 0 Å². The van der Waals surface area contributed by atoms with E-state index in [4.69, 9.17) is 5.26 Å². The predicted molar refractivity (Wildman–Crippen MR) is 54.4 cm³/mol. The summed E-state index contributed by atoms with van der Waals surface area (Å²) < 4.78 is 0. The Balaban J connectivity index is 2.52. The second-order valence-electron chi connectivity index (χ2n) is 4.65. The second-order valence-corrected chi connectivity index (χ2v) is 4.65. The zero-order chi connectivity index (χ0) is 10.8. The number of nitriles is 1.